The fourth-order valence-corrected chi connectivity index (χ4v) is 4.20. The normalized spacial score (nSPS) is 17.9. The lowest BCUT2D eigenvalue weighted by Gasteiger charge is -2.16. The lowest BCUT2D eigenvalue weighted by molar-refractivity contribution is 0.509. The first-order valence-electron chi connectivity index (χ1n) is 7.37. The van der Waals surface area contributed by atoms with Gasteiger partial charge in [-0.05, 0) is 24.0 Å². The summed E-state index contributed by atoms with van der Waals surface area (Å²) in [5.41, 5.74) is 7.35. The maximum atomic E-state index is 12.2. The van der Waals surface area contributed by atoms with Gasteiger partial charge in [0.15, 0.2) is 0 Å². The molecule has 1 saturated carbocycles. The molecule has 1 aromatic rings. The van der Waals surface area contributed by atoms with Gasteiger partial charge < -0.3 is 5.73 Å². The lowest BCUT2D eigenvalue weighted by atomic mass is 10.1. The second-order valence-electron chi connectivity index (χ2n) is 5.59. The monoisotopic (exact) mass is 296 g/mol. The van der Waals surface area contributed by atoms with Crippen molar-refractivity contribution in [3.8, 4) is 0 Å². The summed E-state index contributed by atoms with van der Waals surface area (Å²) >= 11 is 0. The molecule has 0 radical (unpaired) electrons. The number of hydrogen-bond donors (Lipinski definition) is 2. The van der Waals surface area contributed by atoms with Crippen LogP contribution in [0.2, 0.25) is 0 Å². The van der Waals surface area contributed by atoms with E-state index in [0.717, 1.165) is 36.8 Å². The van der Waals surface area contributed by atoms with Crippen LogP contribution in [0.5, 0.6) is 0 Å². The minimum Gasteiger partial charge on any atom is -0.326 e. The summed E-state index contributed by atoms with van der Waals surface area (Å²) in [4.78, 5) is 0. The average Bonchev–Trinajstić information content (AvgIpc) is 2.66. The standard InChI is InChI=1S/C15H24N2O2S/c16-11-13-6-5-7-14(10-13)12-20(18,19)17-15-8-3-1-2-4-9-15/h5-7,10,15,17H,1-4,8-9,11-12,16H2. The summed E-state index contributed by atoms with van der Waals surface area (Å²) in [6.45, 7) is 0.434. The Morgan fingerprint density at radius 2 is 1.75 bits per heavy atom. The second kappa shape index (κ2) is 7.20. The summed E-state index contributed by atoms with van der Waals surface area (Å²) in [7, 11) is -3.27. The predicted molar refractivity (Wildman–Crippen MR) is 81.6 cm³/mol. The van der Waals surface area contributed by atoms with Crippen molar-refractivity contribution in [1.29, 1.82) is 0 Å². The molecule has 0 saturated heterocycles. The fraction of sp³-hybridized carbons (Fsp3) is 0.600. The smallest absolute Gasteiger partial charge is 0.216 e. The van der Waals surface area contributed by atoms with E-state index >= 15 is 0 Å². The Morgan fingerprint density at radius 3 is 2.40 bits per heavy atom. The molecule has 1 aliphatic carbocycles. The predicted octanol–water partition coefficient (Wildman–Crippen LogP) is 2.29. The third-order valence-electron chi connectivity index (χ3n) is 3.79. The zero-order chi connectivity index (χ0) is 14.4. The molecule has 0 unspecified atom stereocenters. The largest absolute Gasteiger partial charge is 0.326 e. The first-order valence-corrected chi connectivity index (χ1v) is 9.02. The fourth-order valence-electron chi connectivity index (χ4n) is 2.76. The second-order valence-corrected chi connectivity index (χ2v) is 7.34. The number of nitrogens with two attached hydrogens (primary N) is 1. The Kier molecular flexibility index (Phi) is 5.57. The van der Waals surface area contributed by atoms with Crippen molar-refractivity contribution in [2.24, 2.45) is 5.73 Å². The number of benzene rings is 1. The van der Waals surface area contributed by atoms with Gasteiger partial charge in [0.25, 0.3) is 0 Å². The van der Waals surface area contributed by atoms with Crippen LogP contribution in [0, 0.1) is 0 Å². The molecule has 0 bridgehead atoms. The van der Waals surface area contributed by atoms with E-state index in [9.17, 15) is 8.42 Å². The first-order chi connectivity index (χ1) is 9.59. The number of nitrogens with one attached hydrogen (secondary N) is 1. The highest BCUT2D eigenvalue weighted by atomic mass is 32.2. The molecule has 0 amide bonds. The zero-order valence-electron chi connectivity index (χ0n) is 11.8. The highest BCUT2D eigenvalue weighted by Crippen LogP contribution is 2.18. The maximum absolute atomic E-state index is 12.2. The van der Waals surface area contributed by atoms with Gasteiger partial charge in [-0.1, -0.05) is 49.9 Å². The van der Waals surface area contributed by atoms with Crippen molar-refractivity contribution in [2.45, 2.75) is 56.9 Å². The molecule has 3 N–H and O–H groups in total. The molecule has 2 rings (SSSR count). The van der Waals surface area contributed by atoms with Crippen LogP contribution in [0.4, 0.5) is 0 Å². The number of rotatable bonds is 5. The molecular weight excluding hydrogens is 272 g/mol. The lowest BCUT2D eigenvalue weighted by Crippen LogP contribution is -2.35. The minimum atomic E-state index is -3.27. The highest BCUT2D eigenvalue weighted by Gasteiger charge is 2.19. The molecule has 0 spiro atoms. The topological polar surface area (TPSA) is 72.2 Å². The Labute approximate surface area is 121 Å². The Morgan fingerprint density at radius 1 is 1.10 bits per heavy atom. The molecule has 0 aliphatic heterocycles. The van der Waals surface area contributed by atoms with Crippen molar-refractivity contribution in [3.63, 3.8) is 0 Å². The number of sulfonamides is 1. The highest BCUT2D eigenvalue weighted by molar-refractivity contribution is 7.88. The maximum Gasteiger partial charge on any atom is 0.216 e. The van der Waals surface area contributed by atoms with Crippen LogP contribution in [0.25, 0.3) is 0 Å². The molecule has 112 valence electrons. The van der Waals surface area contributed by atoms with Gasteiger partial charge >= 0.3 is 0 Å². The summed E-state index contributed by atoms with van der Waals surface area (Å²) in [5, 5.41) is 0. The van der Waals surface area contributed by atoms with Gasteiger partial charge in [0.2, 0.25) is 10.0 Å². The van der Waals surface area contributed by atoms with E-state index in [0.29, 0.717) is 6.54 Å². The minimum absolute atomic E-state index is 0.0390. The average molecular weight is 296 g/mol. The van der Waals surface area contributed by atoms with Crippen LogP contribution in [0.15, 0.2) is 24.3 Å². The third-order valence-corrected chi connectivity index (χ3v) is 5.19. The molecule has 4 nitrogen and oxygen atoms in total. The zero-order valence-corrected chi connectivity index (χ0v) is 12.7. The number of hydrogen-bond acceptors (Lipinski definition) is 3. The molecule has 5 heteroatoms. The molecule has 1 fully saturated rings. The van der Waals surface area contributed by atoms with Crippen LogP contribution < -0.4 is 10.5 Å². The third kappa shape index (κ3) is 4.89. The van der Waals surface area contributed by atoms with E-state index in [-0.39, 0.29) is 11.8 Å². The van der Waals surface area contributed by atoms with Crippen molar-refractivity contribution in [2.75, 3.05) is 0 Å². The summed E-state index contributed by atoms with van der Waals surface area (Å²) < 4.78 is 27.3. The van der Waals surface area contributed by atoms with E-state index in [4.69, 9.17) is 5.73 Å². The first kappa shape index (κ1) is 15.5. The molecule has 1 aliphatic rings. The van der Waals surface area contributed by atoms with Crippen LogP contribution in [0.1, 0.15) is 49.7 Å². The van der Waals surface area contributed by atoms with E-state index in [2.05, 4.69) is 4.72 Å². The molecule has 0 atom stereocenters. The summed E-state index contributed by atoms with van der Waals surface area (Å²) in [6.07, 6.45) is 6.60. The van der Waals surface area contributed by atoms with Crippen molar-refractivity contribution < 1.29 is 8.42 Å². The van der Waals surface area contributed by atoms with Crippen LogP contribution in [-0.2, 0) is 22.3 Å². The van der Waals surface area contributed by atoms with Gasteiger partial charge in [-0.25, -0.2) is 13.1 Å². The van der Waals surface area contributed by atoms with Crippen LogP contribution in [0.3, 0.4) is 0 Å². The van der Waals surface area contributed by atoms with Crippen molar-refractivity contribution in [3.05, 3.63) is 35.4 Å². The molecular formula is C15H24N2O2S. The molecule has 20 heavy (non-hydrogen) atoms. The Balaban J connectivity index is 1.98. The van der Waals surface area contributed by atoms with Gasteiger partial charge in [0.1, 0.15) is 0 Å². The van der Waals surface area contributed by atoms with Crippen LogP contribution in [-0.4, -0.2) is 14.5 Å². The quantitative estimate of drug-likeness (QED) is 0.819. The Bertz CT molecular complexity index is 520. The Hall–Kier alpha value is -0.910. The molecule has 0 heterocycles. The SMILES string of the molecule is NCc1cccc(CS(=O)(=O)NC2CCCCCC2)c1. The van der Waals surface area contributed by atoms with Gasteiger partial charge in [-0.3, -0.25) is 0 Å². The van der Waals surface area contributed by atoms with Gasteiger partial charge in [0, 0.05) is 12.6 Å². The van der Waals surface area contributed by atoms with E-state index in [1.165, 1.54) is 12.8 Å². The molecule has 0 aromatic heterocycles. The van der Waals surface area contributed by atoms with Crippen molar-refractivity contribution in [1.82, 2.24) is 4.72 Å². The van der Waals surface area contributed by atoms with E-state index in [1.54, 1.807) is 0 Å². The van der Waals surface area contributed by atoms with Crippen molar-refractivity contribution >= 4 is 10.0 Å². The van der Waals surface area contributed by atoms with Gasteiger partial charge in [0.05, 0.1) is 5.75 Å². The summed E-state index contributed by atoms with van der Waals surface area (Å²) in [6, 6.07) is 7.59. The van der Waals surface area contributed by atoms with E-state index < -0.39 is 10.0 Å². The van der Waals surface area contributed by atoms with Gasteiger partial charge in [-0.15, -0.1) is 0 Å². The van der Waals surface area contributed by atoms with Gasteiger partial charge in [-0.2, -0.15) is 0 Å². The van der Waals surface area contributed by atoms with E-state index in [1.807, 2.05) is 24.3 Å². The van der Waals surface area contributed by atoms with Crippen LogP contribution >= 0.6 is 0 Å². The molecule has 1 aromatic carbocycles. The summed E-state index contributed by atoms with van der Waals surface area (Å²) in [5.74, 6) is 0.0390.